The second kappa shape index (κ2) is 8.81. The molecule has 5 nitrogen and oxygen atoms in total. The second-order valence-corrected chi connectivity index (χ2v) is 6.56. The van der Waals surface area contributed by atoms with Gasteiger partial charge in [-0.3, -0.25) is 4.79 Å². The van der Waals surface area contributed by atoms with E-state index in [-0.39, 0.29) is 5.91 Å². The van der Waals surface area contributed by atoms with Gasteiger partial charge in [0, 0.05) is 26.1 Å². The third-order valence-corrected chi connectivity index (χ3v) is 4.76. The molecule has 2 fully saturated rings. The number of hydrogen-bond acceptors (Lipinski definition) is 3. The summed E-state index contributed by atoms with van der Waals surface area (Å²) in [5, 5.41) is 2.76. The Morgan fingerprint density at radius 1 is 1.22 bits per heavy atom. The lowest BCUT2D eigenvalue weighted by molar-refractivity contribution is -0.130. The highest BCUT2D eigenvalue weighted by Crippen LogP contribution is 2.31. The fraction of sp³-hybridized carbons (Fsp3) is 0.778. The predicted molar refractivity (Wildman–Crippen MR) is 88.8 cm³/mol. The van der Waals surface area contributed by atoms with Crippen molar-refractivity contribution in [1.82, 2.24) is 10.2 Å². The van der Waals surface area contributed by atoms with Crippen LogP contribution in [-0.2, 0) is 9.53 Å². The topological polar surface area (TPSA) is 58.6 Å². The number of ether oxygens (including phenoxy) is 1. The number of carbonyl (C=O) groups is 2. The van der Waals surface area contributed by atoms with E-state index in [1.807, 2.05) is 4.90 Å². The third kappa shape index (κ3) is 5.46. The zero-order valence-electron chi connectivity index (χ0n) is 13.9. The molecule has 1 aliphatic carbocycles. The van der Waals surface area contributed by atoms with E-state index in [0.717, 1.165) is 64.3 Å². The van der Waals surface area contributed by atoms with E-state index in [1.54, 1.807) is 0 Å². The summed E-state index contributed by atoms with van der Waals surface area (Å²) in [6, 6.07) is 0. The fourth-order valence-electron chi connectivity index (χ4n) is 3.35. The van der Waals surface area contributed by atoms with Crippen LogP contribution in [-0.4, -0.2) is 42.1 Å². The van der Waals surface area contributed by atoms with Crippen molar-refractivity contribution < 1.29 is 14.3 Å². The Bertz CT molecular complexity index is 450. The van der Waals surface area contributed by atoms with Crippen molar-refractivity contribution in [1.29, 1.82) is 0 Å². The van der Waals surface area contributed by atoms with Gasteiger partial charge in [0.25, 0.3) is 0 Å². The largest absolute Gasteiger partial charge is 0.430 e. The van der Waals surface area contributed by atoms with Crippen LogP contribution in [0.4, 0.5) is 4.79 Å². The lowest BCUT2D eigenvalue weighted by Gasteiger charge is -2.31. The van der Waals surface area contributed by atoms with Crippen molar-refractivity contribution in [2.75, 3.05) is 19.6 Å². The van der Waals surface area contributed by atoms with Gasteiger partial charge in [0.15, 0.2) is 5.60 Å². The van der Waals surface area contributed by atoms with Crippen LogP contribution in [0.3, 0.4) is 0 Å². The number of rotatable bonds is 5. The molecule has 0 bridgehead atoms. The Labute approximate surface area is 139 Å². The van der Waals surface area contributed by atoms with E-state index in [0.29, 0.717) is 19.5 Å². The normalized spacial score (nSPS) is 21.2. The molecule has 1 heterocycles. The molecule has 0 spiro atoms. The van der Waals surface area contributed by atoms with Crippen LogP contribution in [0.2, 0.25) is 0 Å². The van der Waals surface area contributed by atoms with Gasteiger partial charge < -0.3 is 15.0 Å². The van der Waals surface area contributed by atoms with E-state index in [1.165, 1.54) is 0 Å². The van der Waals surface area contributed by atoms with Crippen molar-refractivity contribution in [3.8, 4) is 12.3 Å². The van der Waals surface area contributed by atoms with E-state index < -0.39 is 11.7 Å². The van der Waals surface area contributed by atoms with Gasteiger partial charge in [0.1, 0.15) is 0 Å². The molecule has 1 aliphatic heterocycles. The number of nitrogens with one attached hydrogen (secondary N) is 1. The van der Waals surface area contributed by atoms with Crippen LogP contribution in [0, 0.1) is 12.3 Å². The Morgan fingerprint density at radius 3 is 2.70 bits per heavy atom. The standard InChI is InChI=1S/C18H28N2O3/c1-2-18(11-6-4-7-12-18)23-17(22)19-13-9-15-20-14-8-3-5-10-16(20)21/h1H,3-15H2,(H,19,22). The summed E-state index contributed by atoms with van der Waals surface area (Å²) >= 11 is 0. The van der Waals surface area contributed by atoms with Gasteiger partial charge in [-0.15, -0.1) is 6.42 Å². The third-order valence-electron chi connectivity index (χ3n) is 4.76. The maximum absolute atomic E-state index is 11.9. The first-order valence-electron chi connectivity index (χ1n) is 8.88. The zero-order chi connectivity index (χ0) is 16.5. The van der Waals surface area contributed by atoms with Gasteiger partial charge in [-0.1, -0.05) is 18.8 Å². The van der Waals surface area contributed by atoms with Crippen molar-refractivity contribution in [3.05, 3.63) is 0 Å². The van der Waals surface area contributed by atoms with Crippen molar-refractivity contribution in [2.24, 2.45) is 0 Å². The molecule has 1 saturated carbocycles. The summed E-state index contributed by atoms with van der Waals surface area (Å²) in [6.45, 7) is 2.03. The first kappa shape index (κ1) is 17.7. The molecule has 23 heavy (non-hydrogen) atoms. The molecular weight excluding hydrogens is 292 g/mol. The van der Waals surface area contributed by atoms with E-state index in [4.69, 9.17) is 11.2 Å². The summed E-state index contributed by atoms with van der Waals surface area (Å²) in [5.74, 6) is 2.90. The average Bonchev–Trinajstić information content (AvgIpc) is 2.77. The minimum Gasteiger partial charge on any atom is -0.430 e. The summed E-state index contributed by atoms with van der Waals surface area (Å²) in [5.41, 5.74) is -0.719. The van der Waals surface area contributed by atoms with E-state index in [9.17, 15) is 9.59 Å². The van der Waals surface area contributed by atoms with E-state index in [2.05, 4.69) is 11.2 Å². The summed E-state index contributed by atoms with van der Waals surface area (Å²) in [4.78, 5) is 25.7. The van der Waals surface area contributed by atoms with Gasteiger partial charge in [0.05, 0.1) is 0 Å². The Kier molecular flexibility index (Phi) is 6.76. The molecule has 1 N–H and O–H groups in total. The maximum Gasteiger partial charge on any atom is 0.408 e. The lowest BCUT2D eigenvalue weighted by Crippen LogP contribution is -2.40. The average molecular weight is 320 g/mol. The first-order chi connectivity index (χ1) is 11.2. The highest BCUT2D eigenvalue weighted by Gasteiger charge is 2.33. The Morgan fingerprint density at radius 2 is 1.96 bits per heavy atom. The molecule has 0 aromatic rings. The fourth-order valence-corrected chi connectivity index (χ4v) is 3.35. The zero-order valence-corrected chi connectivity index (χ0v) is 13.9. The smallest absolute Gasteiger partial charge is 0.408 e. The van der Waals surface area contributed by atoms with Gasteiger partial charge in [-0.2, -0.15) is 0 Å². The first-order valence-corrected chi connectivity index (χ1v) is 8.88. The number of alkyl carbamates (subject to hydrolysis) is 1. The summed E-state index contributed by atoms with van der Waals surface area (Å²) in [7, 11) is 0. The number of nitrogens with zero attached hydrogens (tertiary/aromatic N) is 1. The molecule has 0 atom stereocenters. The SMILES string of the molecule is C#CC1(OC(=O)NCCCN2CCCCCC2=O)CCCCC1. The van der Waals surface area contributed by atoms with Crippen molar-refractivity contribution >= 4 is 12.0 Å². The molecule has 0 radical (unpaired) electrons. The summed E-state index contributed by atoms with van der Waals surface area (Å²) in [6.07, 6.45) is 14.4. The molecule has 2 amide bonds. The predicted octanol–water partition coefficient (Wildman–Crippen LogP) is 2.84. The highest BCUT2D eigenvalue weighted by atomic mass is 16.6. The molecule has 0 aromatic carbocycles. The highest BCUT2D eigenvalue weighted by molar-refractivity contribution is 5.76. The lowest BCUT2D eigenvalue weighted by atomic mass is 9.85. The summed E-state index contributed by atoms with van der Waals surface area (Å²) < 4.78 is 5.49. The van der Waals surface area contributed by atoms with Gasteiger partial charge in [0.2, 0.25) is 5.91 Å². The van der Waals surface area contributed by atoms with Gasteiger partial charge >= 0.3 is 6.09 Å². The second-order valence-electron chi connectivity index (χ2n) is 6.56. The van der Waals surface area contributed by atoms with E-state index >= 15 is 0 Å². The minimum atomic E-state index is -0.719. The molecule has 2 rings (SSSR count). The number of carbonyl (C=O) groups excluding carboxylic acids is 2. The van der Waals surface area contributed by atoms with Crippen molar-refractivity contribution in [2.45, 2.75) is 69.8 Å². The van der Waals surface area contributed by atoms with Crippen LogP contribution in [0.1, 0.15) is 64.2 Å². The number of terminal acetylenes is 1. The van der Waals surface area contributed by atoms with Crippen LogP contribution in [0.5, 0.6) is 0 Å². The molecular formula is C18H28N2O3. The monoisotopic (exact) mass is 320 g/mol. The Balaban J connectivity index is 1.66. The molecule has 2 aliphatic rings. The quantitative estimate of drug-likeness (QED) is 0.626. The van der Waals surface area contributed by atoms with Crippen LogP contribution < -0.4 is 5.32 Å². The molecule has 5 heteroatoms. The van der Waals surface area contributed by atoms with Gasteiger partial charge in [-0.25, -0.2) is 4.79 Å². The number of hydrogen-bond donors (Lipinski definition) is 1. The van der Waals surface area contributed by atoms with Crippen molar-refractivity contribution in [3.63, 3.8) is 0 Å². The van der Waals surface area contributed by atoms with Gasteiger partial charge in [-0.05, 0) is 44.9 Å². The minimum absolute atomic E-state index is 0.235. The Hall–Kier alpha value is -1.70. The molecule has 1 saturated heterocycles. The number of likely N-dealkylation sites (tertiary alicyclic amines) is 1. The van der Waals surface area contributed by atoms with Crippen LogP contribution >= 0.6 is 0 Å². The van der Waals surface area contributed by atoms with Crippen LogP contribution in [0.25, 0.3) is 0 Å². The van der Waals surface area contributed by atoms with Crippen LogP contribution in [0.15, 0.2) is 0 Å². The number of amides is 2. The molecule has 0 aromatic heterocycles. The molecule has 128 valence electrons. The maximum atomic E-state index is 11.9. The molecule has 0 unspecified atom stereocenters.